The largest absolute Gasteiger partial charge is 0.481 e. The van der Waals surface area contributed by atoms with Crippen LogP contribution in [-0.2, 0) is 4.79 Å². The van der Waals surface area contributed by atoms with Gasteiger partial charge >= 0.3 is 5.97 Å². The van der Waals surface area contributed by atoms with Crippen LogP contribution in [0.5, 0.6) is 0 Å². The first-order valence-corrected chi connectivity index (χ1v) is 5.32. The Balaban J connectivity index is 2.41. The van der Waals surface area contributed by atoms with Gasteiger partial charge in [0.15, 0.2) is 0 Å². The summed E-state index contributed by atoms with van der Waals surface area (Å²) in [5, 5.41) is 8.79. The third-order valence-electron chi connectivity index (χ3n) is 2.58. The Morgan fingerprint density at radius 1 is 1.71 bits per heavy atom. The van der Waals surface area contributed by atoms with Gasteiger partial charge in [-0.2, -0.15) is 0 Å². The van der Waals surface area contributed by atoms with Crippen molar-refractivity contribution in [2.45, 2.75) is 39.0 Å². The van der Waals surface area contributed by atoms with Gasteiger partial charge in [0.05, 0.1) is 5.92 Å². The highest BCUT2D eigenvalue weighted by molar-refractivity contribution is 5.70. The summed E-state index contributed by atoms with van der Waals surface area (Å²) in [5.41, 5.74) is 1.30. The Bertz CT molecular complexity index is 251. The predicted octanol–water partition coefficient (Wildman–Crippen LogP) is 3.15. The lowest BCUT2D eigenvalue weighted by atomic mass is 9.89. The van der Waals surface area contributed by atoms with Crippen LogP contribution in [-0.4, -0.2) is 11.1 Å². The quantitative estimate of drug-likeness (QED) is 0.746. The molecule has 1 atom stereocenters. The second kappa shape index (κ2) is 5.63. The molecule has 0 bridgehead atoms. The zero-order valence-electron chi connectivity index (χ0n) is 8.70. The van der Waals surface area contributed by atoms with Crippen molar-refractivity contribution in [2.75, 3.05) is 0 Å². The predicted molar refractivity (Wildman–Crippen MR) is 57.1 cm³/mol. The maximum atomic E-state index is 10.7. The van der Waals surface area contributed by atoms with Crippen molar-refractivity contribution in [2.24, 2.45) is 5.92 Å². The summed E-state index contributed by atoms with van der Waals surface area (Å²) in [6.07, 6.45) is 11.1. The average Bonchev–Trinajstić information content (AvgIpc) is 2.19. The number of carboxylic acid groups (broad SMARTS) is 1. The minimum Gasteiger partial charge on any atom is -0.481 e. The van der Waals surface area contributed by atoms with Crippen molar-refractivity contribution in [3.63, 3.8) is 0 Å². The average molecular weight is 194 g/mol. The molecule has 0 aromatic rings. The Morgan fingerprint density at radius 2 is 2.50 bits per heavy atom. The molecule has 1 aliphatic rings. The Kier molecular flexibility index (Phi) is 4.44. The van der Waals surface area contributed by atoms with E-state index < -0.39 is 5.97 Å². The number of rotatable bonds is 4. The van der Waals surface area contributed by atoms with Crippen LogP contribution in [0.4, 0.5) is 0 Å². The van der Waals surface area contributed by atoms with E-state index in [1.54, 1.807) is 0 Å². The van der Waals surface area contributed by atoms with Crippen LogP contribution in [0, 0.1) is 5.92 Å². The van der Waals surface area contributed by atoms with E-state index in [4.69, 9.17) is 5.11 Å². The van der Waals surface area contributed by atoms with Gasteiger partial charge in [-0.05, 0) is 25.7 Å². The number of hydrogen-bond acceptors (Lipinski definition) is 1. The monoisotopic (exact) mass is 194 g/mol. The highest BCUT2D eigenvalue weighted by atomic mass is 16.4. The molecule has 0 amide bonds. The van der Waals surface area contributed by atoms with E-state index in [1.165, 1.54) is 12.0 Å². The first kappa shape index (κ1) is 11.0. The molecule has 2 nitrogen and oxygen atoms in total. The van der Waals surface area contributed by atoms with Gasteiger partial charge < -0.3 is 5.11 Å². The molecule has 1 aliphatic carbocycles. The van der Waals surface area contributed by atoms with E-state index >= 15 is 0 Å². The van der Waals surface area contributed by atoms with Crippen LogP contribution in [0.15, 0.2) is 23.8 Å². The van der Waals surface area contributed by atoms with E-state index in [2.05, 4.69) is 25.2 Å². The van der Waals surface area contributed by atoms with E-state index in [9.17, 15) is 4.79 Å². The topological polar surface area (TPSA) is 37.3 Å². The molecule has 1 unspecified atom stereocenters. The molecule has 0 aliphatic heterocycles. The molecule has 2 heteroatoms. The Hall–Kier alpha value is -1.05. The van der Waals surface area contributed by atoms with Crippen LogP contribution < -0.4 is 0 Å². The fraction of sp³-hybridized carbons (Fsp3) is 0.583. The van der Waals surface area contributed by atoms with E-state index in [0.717, 1.165) is 19.3 Å². The van der Waals surface area contributed by atoms with Gasteiger partial charge in [-0.25, -0.2) is 0 Å². The van der Waals surface area contributed by atoms with Crippen LogP contribution in [0.2, 0.25) is 0 Å². The lowest BCUT2D eigenvalue weighted by Gasteiger charge is -2.16. The molecule has 1 N–H and O–H groups in total. The maximum absolute atomic E-state index is 10.7. The van der Waals surface area contributed by atoms with Gasteiger partial charge in [-0.1, -0.05) is 37.1 Å². The molecule has 0 aromatic heterocycles. The molecular weight excluding hydrogens is 176 g/mol. The summed E-state index contributed by atoms with van der Waals surface area (Å²) >= 11 is 0. The molecule has 0 aromatic carbocycles. The first-order chi connectivity index (χ1) is 6.74. The summed E-state index contributed by atoms with van der Waals surface area (Å²) in [6.45, 7) is 2.15. The molecule has 14 heavy (non-hydrogen) atoms. The molecule has 1 rings (SSSR count). The molecule has 0 saturated carbocycles. The molecule has 0 spiro atoms. The third kappa shape index (κ3) is 3.36. The minimum atomic E-state index is -0.655. The summed E-state index contributed by atoms with van der Waals surface area (Å²) < 4.78 is 0. The number of carboxylic acids is 1. The Morgan fingerprint density at radius 3 is 3.00 bits per heavy atom. The smallest absolute Gasteiger partial charge is 0.306 e. The van der Waals surface area contributed by atoms with E-state index in [-0.39, 0.29) is 5.92 Å². The van der Waals surface area contributed by atoms with Crippen molar-refractivity contribution in [1.29, 1.82) is 0 Å². The SMILES string of the molecule is CCCC=CC1=CCC(C(=O)O)CC1. The van der Waals surface area contributed by atoms with Crippen molar-refractivity contribution in [3.8, 4) is 0 Å². The number of hydrogen-bond donors (Lipinski definition) is 1. The lowest BCUT2D eigenvalue weighted by Crippen LogP contribution is -2.15. The lowest BCUT2D eigenvalue weighted by molar-refractivity contribution is -0.141. The van der Waals surface area contributed by atoms with Crippen LogP contribution in [0.3, 0.4) is 0 Å². The normalized spacial score (nSPS) is 22.4. The fourth-order valence-electron chi connectivity index (χ4n) is 1.63. The third-order valence-corrected chi connectivity index (χ3v) is 2.58. The molecular formula is C12H18O2. The summed E-state index contributed by atoms with van der Waals surface area (Å²) in [4.78, 5) is 10.7. The van der Waals surface area contributed by atoms with Crippen LogP contribution in [0.25, 0.3) is 0 Å². The zero-order valence-corrected chi connectivity index (χ0v) is 8.70. The summed E-state index contributed by atoms with van der Waals surface area (Å²) in [7, 11) is 0. The van der Waals surface area contributed by atoms with Crippen molar-refractivity contribution >= 4 is 5.97 Å². The number of carbonyl (C=O) groups is 1. The van der Waals surface area contributed by atoms with Gasteiger partial charge in [0.25, 0.3) is 0 Å². The first-order valence-electron chi connectivity index (χ1n) is 5.32. The molecule has 0 saturated heterocycles. The molecule has 0 fully saturated rings. The molecule has 0 heterocycles. The van der Waals surface area contributed by atoms with Crippen LogP contribution >= 0.6 is 0 Å². The Labute approximate surface area is 85.3 Å². The van der Waals surface area contributed by atoms with Crippen molar-refractivity contribution < 1.29 is 9.90 Å². The number of unbranched alkanes of at least 4 members (excludes halogenated alkanes) is 1. The van der Waals surface area contributed by atoms with Crippen molar-refractivity contribution in [3.05, 3.63) is 23.8 Å². The van der Waals surface area contributed by atoms with Crippen molar-refractivity contribution in [1.82, 2.24) is 0 Å². The van der Waals surface area contributed by atoms with Gasteiger partial charge in [0.1, 0.15) is 0 Å². The minimum absolute atomic E-state index is 0.154. The van der Waals surface area contributed by atoms with Gasteiger partial charge in [0.2, 0.25) is 0 Å². The maximum Gasteiger partial charge on any atom is 0.306 e. The van der Waals surface area contributed by atoms with Gasteiger partial charge in [-0.3, -0.25) is 4.79 Å². The number of aliphatic carboxylic acids is 1. The second-order valence-electron chi connectivity index (χ2n) is 3.78. The van der Waals surface area contributed by atoms with Gasteiger partial charge in [-0.15, -0.1) is 0 Å². The molecule has 78 valence electrons. The zero-order chi connectivity index (χ0) is 10.4. The standard InChI is InChI=1S/C12H18O2/c1-2-3-4-5-10-6-8-11(9-7-10)12(13)14/h4-6,11H,2-3,7-9H2,1H3,(H,13,14). The van der Waals surface area contributed by atoms with Gasteiger partial charge in [0, 0.05) is 0 Å². The summed E-state index contributed by atoms with van der Waals surface area (Å²) in [6, 6.07) is 0. The van der Waals surface area contributed by atoms with E-state index in [0.29, 0.717) is 6.42 Å². The second-order valence-corrected chi connectivity index (χ2v) is 3.78. The highest BCUT2D eigenvalue weighted by Crippen LogP contribution is 2.24. The van der Waals surface area contributed by atoms with E-state index in [1.807, 2.05) is 0 Å². The number of allylic oxidation sites excluding steroid dienone is 4. The molecule has 0 radical (unpaired) electrons. The summed E-state index contributed by atoms with van der Waals surface area (Å²) in [5.74, 6) is -0.809. The highest BCUT2D eigenvalue weighted by Gasteiger charge is 2.19. The fourth-order valence-corrected chi connectivity index (χ4v) is 1.63. The van der Waals surface area contributed by atoms with Crippen LogP contribution in [0.1, 0.15) is 39.0 Å².